The third-order valence-corrected chi connectivity index (χ3v) is 10.6. The molecule has 2 fully saturated rings. The molecule has 0 spiro atoms. The van der Waals surface area contributed by atoms with E-state index in [0.717, 1.165) is 62.4 Å². The van der Waals surface area contributed by atoms with E-state index in [0.29, 0.717) is 29.3 Å². The first kappa shape index (κ1) is 24.3. The molecule has 0 radical (unpaired) electrons. The number of ether oxygens (including phenoxy) is 1. The van der Waals surface area contributed by atoms with Gasteiger partial charge < -0.3 is 9.64 Å². The maximum Gasteiger partial charge on any atom is 0.253 e. The third kappa shape index (κ3) is 4.91. The van der Waals surface area contributed by atoms with E-state index in [1.54, 1.807) is 12.1 Å². The lowest BCUT2D eigenvalue weighted by atomic mass is 9.91. The van der Waals surface area contributed by atoms with Crippen molar-refractivity contribution in [2.75, 3.05) is 31.9 Å². The number of carbonyl (C=O) groups is 1. The molecule has 6 rings (SSSR count). The van der Waals surface area contributed by atoms with E-state index in [-0.39, 0.29) is 12.0 Å². The highest BCUT2D eigenvalue weighted by atomic mass is 32.3. The van der Waals surface area contributed by atoms with Gasteiger partial charge in [0.05, 0.1) is 4.90 Å². The second-order valence-electron chi connectivity index (χ2n) is 11.0. The Kier molecular flexibility index (Phi) is 6.75. The predicted molar refractivity (Wildman–Crippen MR) is 143 cm³/mol. The maximum atomic E-state index is 13.2. The summed E-state index contributed by atoms with van der Waals surface area (Å²) in [7, 11) is -2.70. The van der Waals surface area contributed by atoms with Crippen molar-refractivity contribution in [1.29, 1.82) is 0 Å². The molecule has 2 N–H and O–H groups in total. The molecule has 194 valence electrons. The summed E-state index contributed by atoms with van der Waals surface area (Å²) in [5.41, 5.74) is 4.46. The summed E-state index contributed by atoms with van der Waals surface area (Å²) in [4.78, 5) is 18.4. The Morgan fingerprint density at radius 1 is 0.833 bits per heavy atom. The standard InChI is InChI=1S/C29H38N2O4S/c32-29(24-7-9-28-23(19-24)3-2-18-36(28,33)34)31-16-12-26(13-17-31)35-27-8-6-21-10-14-30(25-4-1-5-25)15-11-22(21)20-27/h6-9,19-20,25-26,33-34H,1-5,10-18H2. The molecule has 3 heterocycles. The Morgan fingerprint density at radius 3 is 2.36 bits per heavy atom. The van der Waals surface area contributed by atoms with Gasteiger partial charge in [-0.25, -0.2) is 0 Å². The van der Waals surface area contributed by atoms with Crippen molar-refractivity contribution in [3.05, 3.63) is 58.7 Å². The molecule has 6 nitrogen and oxygen atoms in total. The molecule has 0 atom stereocenters. The topological polar surface area (TPSA) is 73.2 Å². The Bertz CT molecular complexity index is 1120. The smallest absolute Gasteiger partial charge is 0.253 e. The van der Waals surface area contributed by atoms with Crippen molar-refractivity contribution in [2.45, 2.75) is 74.8 Å². The lowest BCUT2D eigenvalue weighted by Crippen LogP contribution is -2.41. The summed E-state index contributed by atoms with van der Waals surface area (Å²) in [6, 6.07) is 12.8. The molecule has 1 aliphatic carbocycles. The summed E-state index contributed by atoms with van der Waals surface area (Å²) < 4.78 is 27.0. The number of piperidine rings is 1. The highest BCUT2D eigenvalue weighted by Gasteiger charge is 2.29. The fourth-order valence-corrected chi connectivity index (χ4v) is 7.90. The van der Waals surface area contributed by atoms with Crippen LogP contribution in [-0.4, -0.2) is 68.9 Å². The molecule has 3 aliphatic heterocycles. The van der Waals surface area contributed by atoms with E-state index in [9.17, 15) is 13.9 Å². The van der Waals surface area contributed by atoms with Crippen molar-refractivity contribution in [1.82, 2.24) is 9.80 Å². The zero-order chi connectivity index (χ0) is 24.7. The van der Waals surface area contributed by atoms with Crippen LogP contribution in [0.4, 0.5) is 0 Å². The number of aryl methyl sites for hydroxylation is 1. The van der Waals surface area contributed by atoms with Gasteiger partial charge in [-0.2, -0.15) is 10.6 Å². The van der Waals surface area contributed by atoms with Gasteiger partial charge in [0.15, 0.2) is 0 Å². The lowest BCUT2D eigenvalue weighted by Gasteiger charge is -2.38. The van der Waals surface area contributed by atoms with Gasteiger partial charge >= 0.3 is 0 Å². The molecule has 1 saturated carbocycles. The minimum atomic E-state index is -2.70. The molecule has 1 saturated heterocycles. The highest BCUT2D eigenvalue weighted by molar-refractivity contribution is 8.24. The van der Waals surface area contributed by atoms with Gasteiger partial charge in [0, 0.05) is 56.4 Å². The first-order chi connectivity index (χ1) is 17.5. The SMILES string of the molecule is O=C(c1ccc2c(c1)CCCS2(O)O)N1CCC(Oc2ccc3c(c2)CCN(C2CCC2)CC3)CC1. The van der Waals surface area contributed by atoms with Crippen LogP contribution in [0, 0.1) is 0 Å². The molecule has 0 bridgehead atoms. The number of amides is 1. The van der Waals surface area contributed by atoms with Gasteiger partial charge in [-0.15, -0.1) is 0 Å². The summed E-state index contributed by atoms with van der Waals surface area (Å²) in [5, 5.41) is 0. The summed E-state index contributed by atoms with van der Waals surface area (Å²) >= 11 is 0. The van der Waals surface area contributed by atoms with Crippen molar-refractivity contribution in [3.63, 3.8) is 0 Å². The van der Waals surface area contributed by atoms with Crippen LogP contribution < -0.4 is 4.74 Å². The largest absolute Gasteiger partial charge is 0.490 e. The quantitative estimate of drug-likeness (QED) is 0.578. The van der Waals surface area contributed by atoms with Crippen LogP contribution in [0.1, 0.15) is 65.6 Å². The van der Waals surface area contributed by atoms with Crippen LogP contribution in [0.5, 0.6) is 5.75 Å². The number of benzene rings is 2. The number of hydrogen-bond acceptors (Lipinski definition) is 5. The fraction of sp³-hybridized carbons (Fsp3) is 0.552. The van der Waals surface area contributed by atoms with Crippen molar-refractivity contribution in [2.24, 2.45) is 0 Å². The average molecular weight is 511 g/mol. The number of fused-ring (bicyclic) bond motifs is 2. The van der Waals surface area contributed by atoms with E-state index in [4.69, 9.17) is 4.74 Å². The monoisotopic (exact) mass is 510 g/mol. The lowest BCUT2D eigenvalue weighted by molar-refractivity contribution is 0.0595. The first-order valence-electron chi connectivity index (χ1n) is 13.7. The minimum absolute atomic E-state index is 0.0272. The number of rotatable bonds is 4. The zero-order valence-corrected chi connectivity index (χ0v) is 21.8. The second kappa shape index (κ2) is 10.0. The number of hydrogen-bond donors (Lipinski definition) is 2. The van der Waals surface area contributed by atoms with Gasteiger partial charge in [-0.05, 0) is 85.5 Å². The normalized spacial score (nSPS) is 23.7. The van der Waals surface area contributed by atoms with Gasteiger partial charge in [0.2, 0.25) is 0 Å². The molecule has 1 amide bonds. The zero-order valence-electron chi connectivity index (χ0n) is 21.0. The Morgan fingerprint density at radius 2 is 1.61 bits per heavy atom. The van der Waals surface area contributed by atoms with Crippen LogP contribution in [0.25, 0.3) is 0 Å². The molecule has 0 aromatic heterocycles. The average Bonchev–Trinajstić information content (AvgIpc) is 3.05. The van der Waals surface area contributed by atoms with Gasteiger partial charge in [0.25, 0.3) is 5.91 Å². The van der Waals surface area contributed by atoms with Gasteiger partial charge in [-0.1, -0.05) is 12.5 Å². The van der Waals surface area contributed by atoms with Crippen molar-refractivity contribution < 1.29 is 18.6 Å². The molecular weight excluding hydrogens is 472 g/mol. The Balaban J connectivity index is 1.04. The molecular formula is C29H38N2O4S. The number of carbonyl (C=O) groups excluding carboxylic acids is 1. The molecule has 7 heteroatoms. The second-order valence-corrected chi connectivity index (χ2v) is 13.1. The van der Waals surface area contributed by atoms with E-state index in [2.05, 4.69) is 23.1 Å². The Hall–Kier alpha value is -2.06. The molecule has 0 unspecified atom stereocenters. The number of nitrogens with zero attached hydrogens (tertiary/aromatic N) is 2. The maximum absolute atomic E-state index is 13.2. The molecule has 2 aromatic carbocycles. The number of likely N-dealkylation sites (tertiary alicyclic amines) is 1. The molecule has 4 aliphatic rings. The van der Waals surface area contributed by atoms with Crippen LogP contribution >= 0.6 is 10.6 Å². The Labute approximate surface area is 216 Å². The fourth-order valence-electron chi connectivity index (χ4n) is 6.26. The summed E-state index contributed by atoms with van der Waals surface area (Å²) in [5.74, 6) is 1.41. The van der Waals surface area contributed by atoms with Crippen LogP contribution in [-0.2, 0) is 19.3 Å². The predicted octanol–water partition coefficient (Wildman–Crippen LogP) is 5.38. The van der Waals surface area contributed by atoms with Crippen molar-refractivity contribution in [3.8, 4) is 5.75 Å². The molecule has 36 heavy (non-hydrogen) atoms. The summed E-state index contributed by atoms with van der Waals surface area (Å²) in [6.45, 7) is 3.69. The van der Waals surface area contributed by atoms with E-state index in [1.165, 1.54) is 36.9 Å². The highest BCUT2D eigenvalue weighted by Crippen LogP contribution is 2.53. The van der Waals surface area contributed by atoms with Crippen LogP contribution in [0.15, 0.2) is 41.3 Å². The van der Waals surface area contributed by atoms with Crippen molar-refractivity contribution >= 4 is 16.5 Å². The van der Waals surface area contributed by atoms with E-state index >= 15 is 0 Å². The van der Waals surface area contributed by atoms with E-state index < -0.39 is 10.6 Å². The van der Waals surface area contributed by atoms with Crippen LogP contribution in [0.2, 0.25) is 0 Å². The third-order valence-electron chi connectivity index (χ3n) is 8.67. The minimum Gasteiger partial charge on any atom is -0.490 e. The summed E-state index contributed by atoms with van der Waals surface area (Å²) in [6.07, 6.45) is 9.67. The van der Waals surface area contributed by atoms with Crippen LogP contribution in [0.3, 0.4) is 0 Å². The van der Waals surface area contributed by atoms with Gasteiger partial charge in [-0.3, -0.25) is 18.8 Å². The van der Waals surface area contributed by atoms with E-state index in [1.807, 2.05) is 11.0 Å². The first-order valence-corrected chi connectivity index (χ1v) is 15.4. The van der Waals surface area contributed by atoms with Gasteiger partial charge in [0.1, 0.15) is 11.9 Å². The molecule has 2 aromatic rings.